The third kappa shape index (κ3) is 1.97. The molecular weight excluding hydrogens is 134 g/mol. The highest BCUT2D eigenvalue weighted by Crippen LogP contribution is 2.11. The Morgan fingerprint density at radius 3 is 2.20 bits per heavy atom. The minimum absolute atomic E-state index is 0.800. The highest BCUT2D eigenvalue weighted by molar-refractivity contribution is 5.74. The second-order valence-corrected chi connectivity index (χ2v) is 2.62. The molecule has 0 spiro atoms. The molecule has 0 heterocycles. The van der Waals surface area contributed by atoms with Crippen molar-refractivity contribution in [1.82, 2.24) is 0 Å². The third-order valence-corrected chi connectivity index (χ3v) is 1.54. The van der Waals surface area contributed by atoms with Gasteiger partial charge in [0.2, 0.25) is 0 Å². The van der Waals surface area contributed by atoms with Crippen LogP contribution in [0.1, 0.15) is 13.8 Å². The number of hydrogen-bond donors (Lipinski definition) is 2. The van der Waals surface area contributed by atoms with E-state index in [0.29, 0.717) is 0 Å². The molecule has 3 N–H and O–H groups in total. The normalized spacial score (nSPS) is 14.8. The summed E-state index contributed by atoms with van der Waals surface area (Å²) in [5.74, 6) is -1.05. The molecule has 0 aliphatic rings. The van der Waals surface area contributed by atoms with Crippen molar-refractivity contribution in [3.8, 4) is 0 Å². The Hall–Kier alpha value is -0.610. The lowest BCUT2D eigenvalue weighted by Gasteiger charge is -2.26. The highest BCUT2D eigenvalue weighted by atomic mass is 16.5. The van der Waals surface area contributed by atoms with Gasteiger partial charge in [0.15, 0.2) is 0 Å². The largest absolute Gasteiger partial charge is 0.480 e. The average molecular weight is 147 g/mol. The summed E-state index contributed by atoms with van der Waals surface area (Å²) in [6, 6.07) is -0.975. The van der Waals surface area contributed by atoms with Crippen LogP contribution in [0.15, 0.2) is 0 Å². The van der Waals surface area contributed by atoms with Gasteiger partial charge in [0.05, 0.1) is 5.60 Å². The minimum Gasteiger partial charge on any atom is -0.480 e. The molecule has 0 fully saturated rings. The second kappa shape index (κ2) is 2.98. The fraction of sp³-hybridized carbons (Fsp3) is 0.833. The summed E-state index contributed by atoms with van der Waals surface area (Å²) in [7, 11) is 1.43. The van der Waals surface area contributed by atoms with Crippen molar-refractivity contribution in [2.24, 2.45) is 5.73 Å². The molecule has 0 rings (SSSR count). The van der Waals surface area contributed by atoms with Crippen LogP contribution in [0.5, 0.6) is 0 Å². The molecule has 0 aromatic carbocycles. The van der Waals surface area contributed by atoms with Crippen molar-refractivity contribution >= 4 is 5.97 Å². The number of carboxylic acid groups (broad SMARTS) is 1. The monoisotopic (exact) mass is 147 g/mol. The van der Waals surface area contributed by atoms with Gasteiger partial charge in [-0.3, -0.25) is 4.79 Å². The molecule has 10 heavy (non-hydrogen) atoms. The number of carboxylic acids is 1. The van der Waals surface area contributed by atoms with Gasteiger partial charge < -0.3 is 15.6 Å². The maximum absolute atomic E-state index is 10.3. The zero-order chi connectivity index (χ0) is 8.36. The zero-order valence-electron chi connectivity index (χ0n) is 6.42. The van der Waals surface area contributed by atoms with E-state index in [0.717, 1.165) is 0 Å². The molecule has 4 heteroatoms. The number of hydrogen-bond acceptors (Lipinski definition) is 3. The van der Waals surface area contributed by atoms with Crippen molar-refractivity contribution in [3.05, 3.63) is 0 Å². The number of ether oxygens (including phenoxy) is 1. The summed E-state index contributed by atoms with van der Waals surface area (Å²) in [6.45, 7) is 3.26. The molecule has 0 radical (unpaired) electrons. The summed E-state index contributed by atoms with van der Waals surface area (Å²) in [6.07, 6.45) is 0. The van der Waals surface area contributed by atoms with Crippen LogP contribution in [0.25, 0.3) is 0 Å². The van der Waals surface area contributed by atoms with Crippen LogP contribution < -0.4 is 5.73 Å². The molecule has 60 valence electrons. The Morgan fingerprint density at radius 1 is 1.70 bits per heavy atom. The molecular formula is C6H13NO3. The number of aliphatic carboxylic acids is 1. The number of methoxy groups -OCH3 is 1. The predicted octanol–water partition coefficient (Wildman–Crippen LogP) is -0.177. The third-order valence-electron chi connectivity index (χ3n) is 1.54. The molecule has 0 saturated heterocycles. The van der Waals surface area contributed by atoms with Gasteiger partial charge in [-0.25, -0.2) is 0 Å². The predicted molar refractivity (Wildman–Crippen MR) is 36.7 cm³/mol. The Morgan fingerprint density at radius 2 is 2.10 bits per heavy atom. The standard InChI is InChI=1S/C6H13NO3/c1-6(2,10-3)4(7)5(8)9/h4H,7H2,1-3H3,(H,8,9). The lowest BCUT2D eigenvalue weighted by atomic mass is 10.00. The van der Waals surface area contributed by atoms with Crippen LogP contribution in [0.2, 0.25) is 0 Å². The van der Waals surface area contributed by atoms with Crippen LogP contribution in [0.3, 0.4) is 0 Å². The van der Waals surface area contributed by atoms with Crippen molar-refractivity contribution in [2.75, 3.05) is 7.11 Å². The van der Waals surface area contributed by atoms with Gasteiger partial charge in [-0.1, -0.05) is 0 Å². The lowest BCUT2D eigenvalue weighted by Crippen LogP contribution is -2.49. The molecule has 0 aromatic rings. The van der Waals surface area contributed by atoms with E-state index in [4.69, 9.17) is 15.6 Å². The summed E-state index contributed by atoms with van der Waals surface area (Å²) in [5, 5.41) is 8.44. The second-order valence-electron chi connectivity index (χ2n) is 2.62. The van der Waals surface area contributed by atoms with Crippen LogP contribution in [-0.4, -0.2) is 29.8 Å². The topological polar surface area (TPSA) is 72.5 Å². The van der Waals surface area contributed by atoms with Crippen molar-refractivity contribution in [3.63, 3.8) is 0 Å². The Labute approximate surface area is 60.0 Å². The Balaban J connectivity index is 4.17. The van der Waals surface area contributed by atoms with Gasteiger partial charge in [0.1, 0.15) is 6.04 Å². The van der Waals surface area contributed by atoms with Gasteiger partial charge in [0, 0.05) is 7.11 Å². The molecule has 0 aliphatic heterocycles. The fourth-order valence-electron chi connectivity index (χ4n) is 0.424. The quantitative estimate of drug-likeness (QED) is 0.581. The zero-order valence-corrected chi connectivity index (χ0v) is 6.42. The van der Waals surface area contributed by atoms with E-state index in [1.807, 2.05) is 0 Å². The van der Waals surface area contributed by atoms with E-state index < -0.39 is 17.6 Å². The first-order valence-electron chi connectivity index (χ1n) is 2.95. The van der Waals surface area contributed by atoms with E-state index in [1.54, 1.807) is 13.8 Å². The van der Waals surface area contributed by atoms with Gasteiger partial charge in [-0.15, -0.1) is 0 Å². The molecule has 1 unspecified atom stereocenters. The summed E-state index contributed by atoms with van der Waals surface area (Å²) in [5.41, 5.74) is 4.48. The molecule has 0 aliphatic carbocycles. The molecule has 4 nitrogen and oxygen atoms in total. The van der Waals surface area contributed by atoms with Crippen LogP contribution in [0.4, 0.5) is 0 Å². The van der Waals surface area contributed by atoms with Crippen molar-refractivity contribution in [1.29, 1.82) is 0 Å². The molecule has 0 bridgehead atoms. The van der Waals surface area contributed by atoms with E-state index in [9.17, 15) is 4.79 Å². The molecule has 0 amide bonds. The van der Waals surface area contributed by atoms with Crippen LogP contribution >= 0.6 is 0 Å². The van der Waals surface area contributed by atoms with E-state index >= 15 is 0 Å². The lowest BCUT2D eigenvalue weighted by molar-refractivity contribution is -0.145. The van der Waals surface area contributed by atoms with E-state index in [-0.39, 0.29) is 0 Å². The first-order chi connectivity index (χ1) is 4.41. The first-order valence-corrected chi connectivity index (χ1v) is 2.95. The number of nitrogens with two attached hydrogens (primary N) is 1. The summed E-state index contributed by atoms with van der Waals surface area (Å²) >= 11 is 0. The molecule has 1 atom stereocenters. The van der Waals surface area contributed by atoms with Crippen molar-refractivity contribution in [2.45, 2.75) is 25.5 Å². The first kappa shape index (κ1) is 9.39. The van der Waals surface area contributed by atoms with Gasteiger partial charge in [-0.2, -0.15) is 0 Å². The van der Waals surface area contributed by atoms with Gasteiger partial charge >= 0.3 is 5.97 Å². The van der Waals surface area contributed by atoms with Gasteiger partial charge in [-0.05, 0) is 13.8 Å². The van der Waals surface area contributed by atoms with Crippen LogP contribution in [0, 0.1) is 0 Å². The average Bonchev–Trinajstić information content (AvgIpc) is 1.86. The fourth-order valence-corrected chi connectivity index (χ4v) is 0.424. The summed E-state index contributed by atoms with van der Waals surface area (Å²) in [4.78, 5) is 10.3. The highest BCUT2D eigenvalue weighted by Gasteiger charge is 2.31. The van der Waals surface area contributed by atoms with Gasteiger partial charge in [0.25, 0.3) is 0 Å². The van der Waals surface area contributed by atoms with E-state index in [2.05, 4.69) is 0 Å². The molecule has 0 aromatic heterocycles. The number of carbonyl (C=O) groups is 1. The Bertz CT molecular complexity index is 133. The smallest absolute Gasteiger partial charge is 0.323 e. The van der Waals surface area contributed by atoms with Crippen LogP contribution in [-0.2, 0) is 9.53 Å². The minimum atomic E-state index is -1.05. The maximum Gasteiger partial charge on any atom is 0.323 e. The number of rotatable bonds is 3. The summed E-state index contributed by atoms with van der Waals surface area (Å²) < 4.78 is 4.85. The van der Waals surface area contributed by atoms with Crippen molar-refractivity contribution < 1.29 is 14.6 Å². The Kier molecular flexibility index (Phi) is 2.80. The SMILES string of the molecule is COC(C)(C)C(N)C(=O)O. The molecule has 0 saturated carbocycles. The maximum atomic E-state index is 10.3. The van der Waals surface area contributed by atoms with E-state index in [1.165, 1.54) is 7.11 Å².